The second-order valence-electron chi connectivity index (χ2n) is 8.59. The maximum absolute atomic E-state index is 12.8. The number of nitrogens with one attached hydrogen (secondary N) is 1. The fourth-order valence-electron chi connectivity index (χ4n) is 4.47. The summed E-state index contributed by atoms with van der Waals surface area (Å²) >= 11 is 0. The van der Waals surface area contributed by atoms with Gasteiger partial charge in [0.1, 0.15) is 0 Å². The van der Waals surface area contributed by atoms with Crippen molar-refractivity contribution >= 4 is 5.91 Å². The van der Waals surface area contributed by atoms with Gasteiger partial charge in [0.15, 0.2) is 0 Å². The minimum Gasteiger partial charge on any atom is -0.348 e. The monoisotopic (exact) mass is 343 g/mol. The van der Waals surface area contributed by atoms with Gasteiger partial charge in [-0.15, -0.1) is 0 Å². The van der Waals surface area contributed by atoms with Gasteiger partial charge in [0.25, 0.3) is 0 Å². The van der Waals surface area contributed by atoms with E-state index in [0.29, 0.717) is 12.5 Å². The molecule has 0 aromatic heterocycles. The van der Waals surface area contributed by atoms with Crippen LogP contribution in [0.15, 0.2) is 30.3 Å². The highest BCUT2D eigenvalue weighted by atomic mass is 16.2. The average Bonchev–Trinajstić information content (AvgIpc) is 3.11. The molecule has 1 heterocycles. The summed E-state index contributed by atoms with van der Waals surface area (Å²) in [6.07, 6.45) is 5.95. The largest absolute Gasteiger partial charge is 0.348 e. The number of piperidine rings is 1. The molecular weight excluding hydrogens is 310 g/mol. The summed E-state index contributed by atoms with van der Waals surface area (Å²) in [6.45, 7) is 6.69. The number of carbonyl (C=O) groups excluding carboxylic acids is 1. The van der Waals surface area contributed by atoms with Crippen molar-refractivity contribution in [1.82, 2.24) is 10.2 Å². The van der Waals surface area contributed by atoms with Crippen LogP contribution in [0.25, 0.3) is 0 Å². The molecule has 1 aliphatic heterocycles. The van der Waals surface area contributed by atoms with Crippen LogP contribution in [0.1, 0.15) is 57.6 Å². The topological polar surface area (TPSA) is 58.4 Å². The van der Waals surface area contributed by atoms with E-state index >= 15 is 0 Å². The molecule has 2 fully saturated rings. The van der Waals surface area contributed by atoms with Crippen molar-refractivity contribution in [2.24, 2.45) is 17.1 Å². The molecule has 3 rings (SSSR count). The molecule has 0 bridgehead atoms. The van der Waals surface area contributed by atoms with Crippen molar-refractivity contribution in [2.45, 2.75) is 58.0 Å². The number of hydrogen-bond acceptors (Lipinski definition) is 3. The molecule has 4 heteroatoms. The van der Waals surface area contributed by atoms with E-state index in [4.69, 9.17) is 5.73 Å². The fraction of sp³-hybridized carbons (Fsp3) is 0.667. The molecule has 1 aliphatic carbocycles. The number of likely N-dealkylation sites (tertiary alicyclic amines) is 1. The second kappa shape index (κ2) is 7.88. The first kappa shape index (κ1) is 18.4. The molecule has 1 aromatic rings. The summed E-state index contributed by atoms with van der Waals surface area (Å²) in [5.41, 5.74) is 7.53. The quantitative estimate of drug-likeness (QED) is 0.864. The molecule has 3 N–H and O–H groups in total. The lowest BCUT2D eigenvalue weighted by Crippen LogP contribution is -2.54. The van der Waals surface area contributed by atoms with Gasteiger partial charge in [0.2, 0.25) is 5.91 Å². The molecule has 1 saturated heterocycles. The van der Waals surface area contributed by atoms with Crippen LogP contribution in [0.2, 0.25) is 0 Å². The lowest BCUT2D eigenvalue weighted by Gasteiger charge is -2.42. The zero-order valence-corrected chi connectivity index (χ0v) is 15.7. The first-order valence-electron chi connectivity index (χ1n) is 9.78. The van der Waals surface area contributed by atoms with E-state index in [1.54, 1.807) is 0 Å². The molecule has 1 saturated carbocycles. The highest BCUT2D eigenvalue weighted by Gasteiger charge is 2.34. The minimum atomic E-state index is 0.0722. The van der Waals surface area contributed by atoms with E-state index in [1.807, 2.05) is 6.07 Å². The summed E-state index contributed by atoms with van der Waals surface area (Å²) < 4.78 is 0. The lowest BCUT2D eigenvalue weighted by atomic mass is 9.80. The summed E-state index contributed by atoms with van der Waals surface area (Å²) in [5.74, 6) is 0.713. The molecule has 2 atom stereocenters. The number of nitrogens with two attached hydrogens (primary N) is 1. The van der Waals surface area contributed by atoms with Gasteiger partial charge in [-0.05, 0) is 36.2 Å². The third-order valence-corrected chi connectivity index (χ3v) is 6.10. The molecular formula is C21H33N3O. The third-order valence-electron chi connectivity index (χ3n) is 6.10. The van der Waals surface area contributed by atoms with Gasteiger partial charge in [0, 0.05) is 19.1 Å². The number of carbonyl (C=O) groups is 1. The Kier molecular flexibility index (Phi) is 5.80. The van der Waals surface area contributed by atoms with E-state index in [9.17, 15) is 4.79 Å². The Labute approximate surface area is 152 Å². The Morgan fingerprint density at radius 3 is 2.56 bits per heavy atom. The molecule has 2 aliphatic rings. The predicted octanol–water partition coefficient (Wildman–Crippen LogP) is 3.09. The van der Waals surface area contributed by atoms with Gasteiger partial charge < -0.3 is 11.1 Å². The van der Waals surface area contributed by atoms with Crippen molar-refractivity contribution in [3.8, 4) is 0 Å². The van der Waals surface area contributed by atoms with Crippen LogP contribution >= 0.6 is 0 Å². The van der Waals surface area contributed by atoms with Gasteiger partial charge in [-0.2, -0.15) is 0 Å². The van der Waals surface area contributed by atoms with Crippen LogP contribution in [0.4, 0.5) is 0 Å². The summed E-state index contributed by atoms with van der Waals surface area (Å²) in [5, 5.41) is 3.35. The van der Waals surface area contributed by atoms with Gasteiger partial charge >= 0.3 is 0 Å². The van der Waals surface area contributed by atoms with Gasteiger partial charge in [-0.3, -0.25) is 9.69 Å². The lowest BCUT2D eigenvalue weighted by molar-refractivity contribution is -0.124. The molecule has 1 amide bonds. The van der Waals surface area contributed by atoms with Gasteiger partial charge in [-0.1, -0.05) is 57.0 Å². The molecule has 25 heavy (non-hydrogen) atoms. The number of nitrogens with zero attached hydrogens (tertiary/aromatic N) is 1. The average molecular weight is 344 g/mol. The highest BCUT2D eigenvalue weighted by molar-refractivity contribution is 5.78. The Bertz CT molecular complexity index is 566. The number of amides is 1. The normalized spacial score (nSPS) is 25.6. The number of hydrogen-bond donors (Lipinski definition) is 2. The Morgan fingerprint density at radius 2 is 1.92 bits per heavy atom. The second-order valence-corrected chi connectivity index (χ2v) is 8.59. The SMILES string of the molecule is CC1(C)CN(CC(=O)NC(c2ccccc2)C2CCCC2)CCC1N. The van der Waals surface area contributed by atoms with Crippen molar-refractivity contribution < 1.29 is 4.79 Å². The maximum Gasteiger partial charge on any atom is 0.234 e. The fourth-order valence-corrected chi connectivity index (χ4v) is 4.47. The van der Waals surface area contributed by atoms with Gasteiger partial charge in [0.05, 0.1) is 12.6 Å². The predicted molar refractivity (Wildman–Crippen MR) is 102 cm³/mol. The number of benzene rings is 1. The van der Waals surface area contributed by atoms with Crippen LogP contribution in [0, 0.1) is 11.3 Å². The van der Waals surface area contributed by atoms with Crippen LogP contribution < -0.4 is 11.1 Å². The van der Waals surface area contributed by atoms with E-state index < -0.39 is 0 Å². The minimum absolute atomic E-state index is 0.0722. The van der Waals surface area contributed by atoms with E-state index in [1.165, 1.54) is 31.2 Å². The molecule has 2 unspecified atom stereocenters. The zero-order chi connectivity index (χ0) is 17.9. The molecule has 1 aromatic carbocycles. The summed E-state index contributed by atoms with van der Waals surface area (Å²) in [6, 6.07) is 10.8. The molecule has 138 valence electrons. The van der Waals surface area contributed by atoms with Gasteiger partial charge in [-0.25, -0.2) is 0 Å². The Morgan fingerprint density at radius 1 is 1.24 bits per heavy atom. The number of rotatable bonds is 5. The van der Waals surface area contributed by atoms with E-state index in [-0.39, 0.29) is 23.4 Å². The molecule has 0 radical (unpaired) electrons. The first-order valence-corrected chi connectivity index (χ1v) is 9.78. The first-order chi connectivity index (χ1) is 12.0. The van der Waals surface area contributed by atoms with Crippen LogP contribution in [0.3, 0.4) is 0 Å². The standard InChI is InChI=1S/C21H33N3O/c1-21(2)15-24(13-12-18(21)22)14-19(25)23-20(17-10-6-7-11-17)16-8-4-3-5-9-16/h3-5,8-9,17-18,20H,6-7,10-15,22H2,1-2H3,(H,23,25). The van der Waals surface area contributed by atoms with E-state index in [2.05, 4.69) is 48.3 Å². The maximum atomic E-state index is 12.8. The zero-order valence-electron chi connectivity index (χ0n) is 15.7. The van der Waals surface area contributed by atoms with Crippen molar-refractivity contribution in [2.75, 3.05) is 19.6 Å². The summed E-state index contributed by atoms with van der Waals surface area (Å²) in [7, 11) is 0. The van der Waals surface area contributed by atoms with E-state index in [0.717, 1.165) is 19.5 Å². The summed E-state index contributed by atoms with van der Waals surface area (Å²) in [4.78, 5) is 15.0. The third kappa shape index (κ3) is 4.62. The van der Waals surface area contributed by atoms with Crippen LogP contribution in [-0.2, 0) is 4.79 Å². The molecule has 4 nitrogen and oxygen atoms in total. The van der Waals surface area contributed by atoms with Crippen molar-refractivity contribution in [1.29, 1.82) is 0 Å². The Hall–Kier alpha value is -1.39. The molecule has 0 spiro atoms. The van der Waals surface area contributed by atoms with Crippen LogP contribution in [0.5, 0.6) is 0 Å². The smallest absolute Gasteiger partial charge is 0.234 e. The highest BCUT2D eigenvalue weighted by Crippen LogP contribution is 2.35. The Balaban J connectivity index is 1.62. The van der Waals surface area contributed by atoms with Crippen molar-refractivity contribution in [3.63, 3.8) is 0 Å². The van der Waals surface area contributed by atoms with Crippen LogP contribution in [-0.4, -0.2) is 36.5 Å². The van der Waals surface area contributed by atoms with Crippen molar-refractivity contribution in [3.05, 3.63) is 35.9 Å².